The Morgan fingerprint density at radius 3 is 2.52 bits per heavy atom. The molecule has 0 fully saturated rings. The van der Waals surface area contributed by atoms with Crippen molar-refractivity contribution in [3.8, 4) is 11.5 Å². The molecule has 0 saturated heterocycles. The highest BCUT2D eigenvalue weighted by molar-refractivity contribution is 5.53. The number of hydrogen-bond acceptors (Lipinski definition) is 3. The molecule has 0 spiro atoms. The van der Waals surface area contributed by atoms with Gasteiger partial charge in [0.2, 0.25) is 0 Å². The molecule has 0 bridgehead atoms. The summed E-state index contributed by atoms with van der Waals surface area (Å²) in [7, 11) is 3.23. The van der Waals surface area contributed by atoms with E-state index >= 15 is 0 Å². The van der Waals surface area contributed by atoms with Crippen LogP contribution in [0.4, 0.5) is 10.1 Å². The molecule has 0 saturated carbocycles. The van der Waals surface area contributed by atoms with Crippen LogP contribution in [-0.4, -0.2) is 14.2 Å². The van der Waals surface area contributed by atoms with Gasteiger partial charge in [-0.15, -0.1) is 0 Å². The van der Waals surface area contributed by atoms with Gasteiger partial charge in [0.05, 0.1) is 25.9 Å². The zero-order valence-electron chi connectivity index (χ0n) is 12.2. The zero-order chi connectivity index (χ0) is 14.8. The molecule has 1 atom stereocenters. The van der Waals surface area contributed by atoms with Crippen LogP contribution >= 0.6 is 0 Å². The lowest BCUT2D eigenvalue weighted by Crippen LogP contribution is -2.08. The van der Waals surface area contributed by atoms with Crippen LogP contribution in [0.15, 0.2) is 36.4 Å². The van der Waals surface area contributed by atoms with Gasteiger partial charge in [0, 0.05) is 6.07 Å². The Labute approximate surface area is 123 Å². The highest BCUT2D eigenvalue weighted by Gasteiger charge is 2.23. The fourth-order valence-corrected chi connectivity index (χ4v) is 2.79. The standard InChI is InChI=1S/C17H18FNO2/c1-20-12-5-3-11-4-8-16(14(11)9-12)19-17-10-13(21-2)6-7-15(17)18/h3,5-7,9-10,16,19H,4,8H2,1-2H3. The van der Waals surface area contributed by atoms with Gasteiger partial charge >= 0.3 is 0 Å². The van der Waals surface area contributed by atoms with Gasteiger partial charge in [-0.05, 0) is 48.2 Å². The third-order valence-corrected chi connectivity index (χ3v) is 3.93. The topological polar surface area (TPSA) is 30.5 Å². The monoisotopic (exact) mass is 287 g/mol. The predicted molar refractivity (Wildman–Crippen MR) is 80.6 cm³/mol. The first-order valence-corrected chi connectivity index (χ1v) is 6.98. The molecular formula is C17H18FNO2. The van der Waals surface area contributed by atoms with Gasteiger partial charge in [-0.3, -0.25) is 0 Å². The first-order chi connectivity index (χ1) is 10.2. The first kappa shape index (κ1) is 13.7. The van der Waals surface area contributed by atoms with Gasteiger partial charge in [0.15, 0.2) is 0 Å². The van der Waals surface area contributed by atoms with Gasteiger partial charge in [-0.25, -0.2) is 4.39 Å². The SMILES string of the molecule is COc1ccc(F)c(NC2CCc3ccc(OC)cc32)c1. The number of rotatable bonds is 4. The van der Waals surface area contributed by atoms with E-state index in [2.05, 4.69) is 11.4 Å². The molecule has 4 heteroatoms. The van der Waals surface area contributed by atoms with Gasteiger partial charge in [-0.1, -0.05) is 6.07 Å². The first-order valence-electron chi connectivity index (χ1n) is 6.98. The Bertz CT molecular complexity index is 657. The molecule has 3 rings (SSSR count). The minimum absolute atomic E-state index is 0.0942. The predicted octanol–water partition coefficient (Wildman–Crippen LogP) is 3.94. The summed E-state index contributed by atoms with van der Waals surface area (Å²) in [5.74, 6) is 1.20. The van der Waals surface area contributed by atoms with E-state index in [1.807, 2.05) is 12.1 Å². The van der Waals surface area contributed by atoms with Crippen LogP contribution in [0, 0.1) is 5.82 Å². The molecule has 0 aliphatic heterocycles. The summed E-state index contributed by atoms with van der Waals surface area (Å²) in [6.45, 7) is 0. The second kappa shape index (κ2) is 5.64. The van der Waals surface area contributed by atoms with Gasteiger partial charge in [0.1, 0.15) is 17.3 Å². The van der Waals surface area contributed by atoms with Gasteiger partial charge in [-0.2, -0.15) is 0 Å². The Morgan fingerprint density at radius 2 is 1.76 bits per heavy atom. The molecule has 0 amide bonds. The summed E-state index contributed by atoms with van der Waals surface area (Å²) in [6, 6.07) is 10.9. The Morgan fingerprint density at radius 1 is 1.05 bits per heavy atom. The van der Waals surface area contributed by atoms with Crippen LogP contribution in [0.1, 0.15) is 23.6 Å². The quantitative estimate of drug-likeness (QED) is 0.924. The van der Waals surface area contributed by atoms with Crippen LogP contribution in [0.3, 0.4) is 0 Å². The van der Waals surface area contributed by atoms with E-state index in [1.54, 1.807) is 26.4 Å². The van der Waals surface area contributed by atoms with Crippen LogP contribution in [0.2, 0.25) is 0 Å². The lowest BCUT2D eigenvalue weighted by molar-refractivity contribution is 0.413. The highest BCUT2D eigenvalue weighted by atomic mass is 19.1. The molecule has 0 aromatic heterocycles. The maximum Gasteiger partial charge on any atom is 0.146 e. The molecule has 1 unspecified atom stereocenters. The van der Waals surface area contributed by atoms with Gasteiger partial charge in [0.25, 0.3) is 0 Å². The number of aryl methyl sites for hydroxylation is 1. The third kappa shape index (κ3) is 2.66. The molecule has 1 N–H and O–H groups in total. The van der Waals surface area contributed by atoms with Crippen molar-refractivity contribution in [2.45, 2.75) is 18.9 Å². The zero-order valence-corrected chi connectivity index (χ0v) is 12.2. The lowest BCUT2D eigenvalue weighted by atomic mass is 10.1. The van der Waals surface area contributed by atoms with Crippen LogP contribution in [0.5, 0.6) is 11.5 Å². The number of nitrogens with one attached hydrogen (secondary N) is 1. The third-order valence-electron chi connectivity index (χ3n) is 3.93. The smallest absolute Gasteiger partial charge is 0.146 e. The summed E-state index contributed by atoms with van der Waals surface area (Å²) < 4.78 is 24.4. The summed E-state index contributed by atoms with van der Waals surface area (Å²) in [5.41, 5.74) is 2.93. The van der Waals surface area contributed by atoms with Crippen molar-refractivity contribution in [3.63, 3.8) is 0 Å². The molecule has 1 aliphatic rings. The number of ether oxygens (including phenoxy) is 2. The van der Waals surface area contributed by atoms with Crippen LogP contribution < -0.4 is 14.8 Å². The Balaban J connectivity index is 1.88. The summed E-state index contributed by atoms with van der Waals surface area (Å²) in [6.07, 6.45) is 1.93. The van der Waals surface area contributed by atoms with Crippen molar-refractivity contribution in [1.82, 2.24) is 0 Å². The Kier molecular flexibility index (Phi) is 3.69. The average Bonchev–Trinajstić information content (AvgIpc) is 2.91. The molecule has 1 aliphatic carbocycles. The Hall–Kier alpha value is -2.23. The number of methoxy groups -OCH3 is 2. The van der Waals surface area contributed by atoms with Crippen molar-refractivity contribution >= 4 is 5.69 Å². The summed E-state index contributed by atoms with van der Waals surface area (Å²) in [4.78, 5) is 0. The van der Waals surface area contributed by atoms with E-state index < -0.39 is 0 Å². The number of halogens is 1. The normalized spacial score (nSPS) is 16.4. The van der Waals surface area contributed by atoms with Crippen LogP contribution in [0.25, 0.3) is 0 Å². The van der Waals surface area contributed by atoms with Crippen molar-refractivity contribution in [3.05, 3.63) is 53.3 Å². The maximum atomic E-state index is 13.9. The van der Waals surface area contributed by atoms with E-state index in [0.717, 1.165) is 18.6 Å². The minimum atomic E-state index is -0.271. The highest BCUT2D eigenvalue weighted by Crippen LogP contribution is 2.37. The maximum absolute atomic E-state index is 13.9. The van der Waals surface area contributed by atoms with E-state index in [-0.39, 0.29) is 11.9 Å². The molecule has 2 aromatic rings. The molecule has 0 radical (unpaired) electrons. The second-order valence-electron chi connectivity index (χ2n) is 5.15. The number of benzene rings is 2. The number of anilines is 1. The van der Waals surface area contributed by atoms with E-state index in [0.29, 0.717) is 11.4 Å². The van der Waals surface area contributed by atoms with Crippen molar-refractivity contribution in [2.24, 2.45) is 0 Å². The molecule has 21 heavy (non-hydrogen) atoms. The lowest BCUT2D eigenvalue weighted by Gasteiger charge is -2.17. The van der Waals surface area contributed by atoms with E-state index in [9.17, 15) is 4.39 Å². The minimum Gasteiger partial charge on any atom is -0.497 e. The van der Waals surface area contributed by atoms with Crippen molar-refractivity contribution in [2.75, 3.05) is 19.5 Å². The fraction of sp³-hybridized carbons (Fsp3) is 0.294. The van der Waals surface area contributed by atoms with Crippen molar-refractivity contribution in [1.29, 1.82) is 0 Å². The molecule has 3 nitrogen and oxygen atoms in total. The molecule has 0 heterocycles. The summed E-state index contributed by atoms with van der Waals surface area (Å²) >= 11 is 0. The fourth-order valence-electron chi connectivity index (χ4n) is 2.79. The summed E-state index contributed by atoms with van der Waals surface area (Å²) in [5, 5.41) is 3.28. The van der Waals surface area contributed by atoms with Crippen LogP contribution in [-0.2, 0) is 6.42 Å². The van der Waals surface area contributed by atoms with E-state index in [1.165, 1.54) is 17.2 Å². The molecule has 110 valence electrons. The average molecular weight is 287 g/mol. The van der Waals surface area contributed by atoms with E-state index in [4.69, 9.17) is 9.47 Å². The molecule has 2 aromatic carbocycles. The van der Waals surface area contributed by atoms with Gasteiger partial charge < -0.3 is 14.8 Å². The number of hydrogen-bond donors (Lipinski definition) is 1. The molecular weight excluding hydrogens is 269 g/mol. The largest absolute Gasteiger partial charge is 0.497 e. The number of fused-ring (bicyclic) bond motifs is 1. The second-order valence-corrected chi connectivity index (χ2v) is 5.15. The van der Waals surface area contributed by atoms with Crippen molar-refractivity contribution < 1.29 is 13.9 Å².